The summed E-state index contributed by atoms with van der Waals surface area (Å²) in [7, 11) is 0. The molecule has 0 aliphatic carbocycles. The Balaban J connectivity index is 2.75. The molecule has 0 fully saturated rings. The topological polar surface area (TPSA) is 53.1 Å². The van der Waals surface area contributed by atoms with E-state index in [2.05, 4.69) is 4.98 Å². The fourth-order valence-corrected chi connectivity index (χ4v) is 0.884. The van der Waals surface area contributed by atoms with Crippen molar-refractivity contribution in [1.82, 2.24) is 4.98 Å². The maximum Gasteiger partial charge on any atom is 0.394 e. The molecule has 0 unspecified atom stereocenters. The molecule has 0 bridgehead atoms. The molecule has 0 aliphatic rings. The molecule has 0 radical (unpaired) electrons. The molecule has 0 aromatic carbocycles. The molecule has 0 saturated carbocycles. The second kappa shape index (κ2) is 3.12. The molecule has 1 aromatic rings. The normalized spacial score (nSPS) is 11.6. The first-order chi connectivity index (χ1) is 5.88. The van der Waals surface area contributed by atoms with Crippen molar-refractivity contribution in [2.45, 2.75) is 12.6 Å². The third-order valence-corrected chi connectivity index (χ3v) is 1.37. The van der Waals surface area contributed by atoms with Gasteiger partial charge in [0.15, 0.2) is 0 Å². The second-order valence-corrected chi connectivity index (χ2v) is 2.49. The highest BCUT2D eigenvalue weighted by molar-refractivity contribution is 5.85. The quantitative estimate of drug-likeness (QED) is 0.752. The van der Waals surface area contributed by atoms with Gasteiger partial charge in [0.2, 0.25) is 0 Å². The predicted octanol–water partition coefficient (Wildman–Crippen LogP) is 1.82. The molecule has 6 heteroatoms. The maximum absolute atomic E-state index is 11.8. The smallest absolute Gasteiger partial charge is 0.394 e. The lowest BCUT2D eigenvalue weighted by Crippen LogP contribution is -2.12. The van der Waals surface area contributed by atoms with Crippen LogP contribution in [-0.4, -0.2) is 22.2 Å². The third-order valence-electron chi connectivity index (χ3n) is 1.37. The highest BCUT2D eigenvalue weighted by atomic mass is 19.4. The number of aromatic carboxylic acids is 1. The Labute approximate surface area is 71.2 Å². The highest BCUT2D eigenvalue weighted by Crippen LogP contribution is 2.20. The number of hydrogen-bond donors (Lipinski definition) is 2. The Morgan fingerprint density at radius 3 is 2.46 bits per heavy atom. The molecule has 0 atom stereocenters. The van der Waals surface area contributed by atoms with E-state index >= 15 is 0 Å². The molecule has 0 aliphatic heterocycles. The van der Waals surface area contributed by atoms with Gasteiger partial charge in [0.1, 0.15) is 5.69 Å². The van der Waals surface area contributed by atoms with E-state index in [0.717, 1.165) is 12.1 Å². The molecular weight excluding hydrogens is 187 g/mol. The van der Waals surface area contributed by atoms with Gasteiger partial charge in [-0.1, -0.05) is 0 Å². The number of halogens is 3. The fraction of sp³-hybridized carbons (Fsp3) is 0.286. The minimum absolute atomic E-state index is 0.148. The molecule has 0 saturated heterocycles. The number of rotatable bonds is 2. The molecule has 3 nitrogen and oxygen atoms in total. The summed E-state index contributed by atoms with van der Waals surface area (Å²) in [6.07, 6.45) is -5.46. The number of alkyl halides is 3. The van der Waals surface area contributed by atoms with Crippen molar-refractivity contribution in [3.63, 3.8) is 0 Å². The number of H-pyrrole nitrogens is 1. The van der Waals surface area contributed by atoms with Crippen LogP contribution in [0.15, 0.2) is 12.1 Å². The van der Waals surface area contributed by atoms with E-state index in [9.17, 15) is 18.0 Å². The van der Waals surface area contributed by atoms with Crippen LogP contribution in [-0.2, 0) is 6.42 Å². The maximum atomic E-state index is 11.8. The zero-order valence-corrected chi connectivity index (χ0v) is 6.35. The summed E-state index contributed by atoms with van der Waals surface area (Å²) in [6.45, 7) is 0. The van der Waals surface area contributed by atoms with E-state index in [1.165, 1.54) is 0 Å². The first kappa shape index (κ1) is 9.63. The molecule has 1 rings (SSSR count). The van der Waals surface area contributed by atoms with Gasteiger partial charge in [-0.3, -0.25) is 0 Å². The van der Waals surface area contributed by atoms with Crippen LogP contribution in [0.3, 0.4) is 0 Å². The third kappa shape index (κ3) is 2.81. The van der Waals surface area contributed by atoms with Crippen LogP contribution in [0, 0.1) is 0 Å². The summed E-state index contributed by atoms with van der Waals surface area (Å²) in [5.74, 6) is -1.27. The molecule has 1 aromatic heterocycles. The fourth-order valence-electron chi connectivity index (χ4n) is 0.884. The van der Waals surface area contributed by atoms with Crippen molar-refractivity contribution in [3.8, 4) is 0 Å². The molecule has 0 spiro atoms. The molecule has 13 heavy (non-hydrogen) atoms. The first-order valence-electron chi connectivity index (χ1n) is 3.36. The van der Waals surface area contributed by atoms with Crippen molar-refractivity contribution in [1.29, 1.82) is 0 Å². The number of hydrogen-bond acceptors (Lipinski definition) is 1. The van der Waals surface area contributed by atoms with Crippen molar-refractivity contribution in [2.24, 2.45) is 0 Å². The van der Waals surface area contributed by atoms with Gasteiger partial charge < -0.3 is 10.1 Å². The highest BCUT2D eigenvalue weighted by Gasteiger charge is 2.28. The lowest BCUT2D eigenvalue weighted by Gasteiger charge is -2.02. The minimum atomic E-state index is -4.32. The summed E-state index contributed by atoms with van der Waals surface area (Å²) in [4.78, 5) is 12.4. The SMILES string of the molecule is O=C(O)c1ccc(CC(F)(F)F)[nH]1. The molecule has 0 amide bonds. The second-order valence-electron chi connectivity index (χ2n) is 2.49. The largest absolute Gasteiger partial charge is 0.477 e. The van der Waals surface area contributed by atoms with Crippen LogP contribution in [0.2, 0.25) is 0 Å². The van der Waals surface area contributed by atoms with Crippen LogP contribution < -0.4 is 0 Å². The first-order valence-corrected chi connectivity index (χ1v) is 3.36. The Kier molecular flexibility index (Phi) is 2.31. The average Bonchev–Trinajstić information content (AvgIpc) is 2.31. The Morgan fingerprint density at radius 2 is 2.08 bits per heavy atom. The molecule has 72 valence electrons. The number of aromatic amines is 1. The molecular formula is C7H6F3NO2. The van der Waals surface area contributed by atoms with Gasteiger partial charge in [-0.25, -0.2) is 4.79 Å². The van der Waals surface area contributed by atoms with E-state index < -0.39 is 18.6 Å². The average molecular weight is 193 g/mol. The van der Waals surface area contributed by atoms with Gasteiger partial charge >= 0.3 is 12.1 Å². The van der Waals surface area contributed by atoms with Crippen molar-refractivity contribution in [3.05, 3.63) is 23.5 Å². The van der Waals surface area contributed by atoms with Gasteiger partial charge in [0.05, 0.1) is 6.42 Å². The summed E-state index contributed by atoms with van der Waals surface area (Å²) >= 11 is 0. The van der Waals surface area contributed by atoms with Crippen molar-refractivity contribution in [2.75, 3.05) is 0 Å². The summed E-state index contributed by atoms with van der Waals surface area (Å²) in [5, 5.41) is 8.38. The van der Waals surface area contributed by atoms with Gasteiger partial charge in [-0.05, 0) is 12.1 Å². The van der Waals surface area contributed by atoms with Crippen molar-refractivity contribution < 1.29 is 23.1 Å². The lowest BCUT2D eigenvalue weighted by molar-refractivity contribution is -0.127. The number of carboxylic acids is 1. The van der Waals surface area contributed by atoms with Crippen LogP contribution in [0.5, 0.6) is 0 Å². The zero-order valence-electron chi connectivity index (χ0n) is 6.35. The van der Waals surface area contributed by atoms with Crippen molar-refractivity contribution >= 4 is 5.97 Å². The number of aromatic nitrogens is 1. The summed E-state index contributed by atoms with van der Waals surface area (Å²) < 4.78 is 35.4. The van der Waals surface area contributed by atoms with E-state index in [0.29, 0.717) is 0 Å². The summed E-state index contributed by atoms with van der Waals surface area (Å²) in [5.41, 5.74) is -0.385. The number of nitrogens with one attached hydrogen (secondary N) is 1. The number of carbonyl (C=O) groups is 1. The number of carboxylic acid groups (broad SMARTS) is 1. The van der Waals surface area contributed by atoms with Crippen LogP contribution in [0.25, 0.3) is 0 Å². The standard InChI is InChI=1S/C7H6F3NO2/c8-7(9,10)3-4-1-2-5(11-4)6(12)13/h1-2,11H,3H2,(H,12,13). The van der Waals surface area contributed by atoms with Crippen LogP contribution in [0.4, 0.5) is 13.2 Å². The predicted molar refractivity (Wildman–Crippen MR) is 37.5 cm³/mol. The van der Waals surface area contributed by atoms with Gasteiger partial charge in [0, 0.05) is 5.69 Å². The van der Waals surface area contributed by atoms with E-state index in [1.54, 1.807) is 0 Å². The zero-order chi connectivity index (χ0) is 10.1. The van der Waals surface area contributed by atoms with E-state index in [1.807, 2.05) is 0 Å². The van der Waals surface area contributed by atoms with Gasteiger partial charge in [0.25, 0.3) is 0 Å². The van der Waals surface area contributed by atoms with Crippen LogP contribution >= 0.6 is 0 Å². The molecule has 2 N–H and O–H groups in total. The Hall–Kier alpha value is -1.46. The van der Waals surface area contributed by atoms with E-state index in [4.69, 9.17) is 5.11 Å². The lowest BCUT2D eigenvalue weighted by atomic mass is 10.3. The van der Waals surface area contributed by atoms with Crippen LogP contribution in [0.1, 0.15) is 16.2 Å². The summed E-state index contributed by atoms with van der Waals surface area (Å²) in [6, 6.07) is 2.21. The monoisotopic (exact) mass is 193 g/mol. The van der Waals surface area contributed by atoms with Gasteiger partial charge in [-0.15, -0.1) is 0 Å². The van der Waals surface area contributed by atoms with E-state index in [-0.39, 0.29) is 11.4 Å². The minimum Gasteiger partial charge on any atom is -0.477 e. The van der Waals surface area contributed by atoms with Gasteiger partial charge in [-0.2, -0.15) is 13.2 Å². The molecule has 1 heterocycles. The Bertz CT molecular complexity index is 316. The Morgan fingerprint density at radius 1 is 1.46 bits per heavy atom.